The van der Waals surface area contributed by atoms with E-state index in [1.54, 1.807) is 23.5 Å². The number of hydrogen-bond donors (Lipinski definition) is 1. The maximum atomic E-state index is 10.9. The molecule has 0 aliphatic heterocycles. The molecule has 0 atom stereocenters. The van der Waals surface area contributed by atoms with Gasteiger partial charge < -0.3 is 5.11 Å². The molecule has 1 aliphatic carbocycles. The molecule has 0 fully saturated rings. The first kappa shape index (κ1) is 16.8. The van der Waals surface area contributed by atoms with Crippen LogP contribution in [0.25, 0.3) is 12.2 Å². The summed E-state index contributed by atoms with van der Waals surface area (Å²) < 4.78 is 0. The standard InChI is InChI=1S/C19H22N2O2S/c1-18(2)9-10-19(3,4)16-15(18)21-14(24-16)8-7-13-6-5-12(11-20-13)17(22)23/h5-8,11H,9-10H2,1-4H3,(H,22,23)/b8-7+. The first-order chi connectivity index (χ1) is 11.2. The second-order valence-corrected chi connectivity index (χ2v) is 8.64. The van der Waals surface area contributed by atoms with E-state index in [1.807, 2.05) is 12.2 Å². The number of aromatic nitrogens is 2. The van der Waals surface area contributed by atoms with Gasteiger partial charge in [0.2, 0.25) is 0 Å². The van der Waals surface area contributed by atoms with Crippen molar-refractivity contribution in [1.82, 2.24) is 9.97 Å². The second-order valence-electron chi connectivity index (χ2n) is 7.61. The highest BCUT2D eigenvalue weighted by Gasteiger charge is 2.40. The molecule has 0 spiro atoms. The second kappa shape index (κ2) is 5.81. The summed E-state index contributed by atoms with van der Waals surface area (Å²) in [5, 5.41) is 9.89. The van der Waals surface area contributed by atoms with E-state index in [0.717, 1.165) is 17.1 Å². The number of aromatic carboxylic acids is 1. The Morgan fingerprint density at radius 2 is 1.88 bits per heavy atom. The molecule has 0 radical (unpaired) electrons. The van der Waals surface area contributed by atoms with Crippen LogP contribution in [0.2, 0.25) is 0 Å². The van der Waals surface area contributed by atoms with E-state index >= 15 is 0 Å². The average Bonchev–Trinajstić information content (AvgIpc) is 2.97. The van der Waals surface area contributed by atoms with E-state index in [1.165, 1.54) is 23.2 Å². The molecule has 2 aromatic rings. The van der Waals surface area contributed by atoms with Gasteiger partial charge in [0, 0.05) is 21.9 Å². The summed E-state index contributed by atoms with van der Waals surface area (Å²) in [5.41, 5.74) is 2.44. The van der Waals surface area contributed by atoms with E-state index in [-0.39, 0.29) is 16.4 Å². The van der Waals surface area contributed by atoms with Gasteiger partial charge >= 0.3 is 5.97 Å². The summed E-state index contributed by atoms with van der Waals surface area (Å²) in [6.45, 7) is 9.11. The van der Waals surface area contributed by atoms with Crippen molar-refractivity contribution in [3.8, 4) is 0 Å². The lowest BCUT2D eigenvalue weighted by atomic mass is 9.69. The predicted octanol–water partition coefficient (Wildman–Crippen LogP) is 4.76. The molecule has 2 heterocycles. The number of carbonyl (C=O) groups is 1. The van der Waals surface area contributed by atoms with Crippen LogP contribution in [0.15, 0.2) is 18.3 Å². The van der Waals surface area contributed by atoms with Gasteiger partial charge in [-0.05, 0) is 37.1 Å². The minimum Gasteiger partial charge on any atom is -0.478 e. The zero-order valence-electron chi connectivity index (χ0n) is 14.5. The Morgan fingerprint density at radius 3 is 2.46 bits per heavy atom. The summed E-state index contributed by atoms with van der Waals surface area (Å²) in [5.74, 6) is -0.963. The molecule has 24 heavy (non-hydrogen) atoms. The monoisotopic (exact) mass is 342 g/mol. The number of rotatable bonds is 3. The summed E-state index contributed by atoms with van der Waals surface area (Å²) in [6, 6.07) is 3.27. The number of nitrogens with zero attached hydrogens (tertiary/aromatic N) is 2. The van der Waals surface area contributed by atoms with Crippen LogP contribution in [-0.2, 0) is 10.8 Å². The lowest BCUT2D eigenvalue weighted by molar-refractivity contribution is 0.0696. The van der Waals surface area contributed by atoms with Gasteiger partial charge in [-0.2, -0.15) is 0 Å². The highest BCUT2D eigenvalue weighted by molar-refractivity contribution is 7.12. The number of hydrogen-bond acceptors (Lipinski definition) is 4. The van der Waals surface area contributed by atoms with Crippen LogP contribution in [0.3, 0.4) is 0 Å². The number of thiazole rings is 1. The van der Waals surface area contributed by atoms with Gasteiger partial charge in [0.25, 0.3) is 0 Å². The third kappa shape index (κ3) is 3.13. The fourth-order valence-electron chi connectivity index (χ4n) is 2.97. The molecule has 126 valence electrons. The predicted molar refractivity (Wildman–Crippen MR) is 97.5 cm³/mol. The van der Waals surface area contributed by atoms with Crippen molar-refractivity contribution in [2.24, 2.45) is 0 Å². The van der Waals surface area contributed by atoms with Crippen molar-refractivity contribution in [2.45, 2.75) is 51.4 Å². The van der Waals surface area contributed by atoms with Gasteiger partial charge in [0.05, 0.1) is 17.0 Å². The molecule has 0 saturated heterocycles. The van der Waals surface area contributed by atoms with E-state index in [2.05, 4.69) is 32.7 Å². The largest absolute Gasteiger partial charge is 0.478 e. The topological polar surface area (TPSA) is 63.1 Å². The Morgan fingerprint density at radius 1 is 1.17 bits per heavy atom. The van der Waals surface area contributed by atoms with Crippen LogP contribution in [0.5, 0.6) is 0 Å². The molecule has 0 unspecified atom stereocenters. The molecule has 1 N–H and O–H groups in total. The zero-order valence-corrected chi connectivity index (χ0v) is 15.3. The van der Waals surface area contributed by atoms with Crippen molar-refractivity contribution in [3.63, 3.8) is 0 Å². The van der Waals surface area contributed by atoms with Crippen molar-refractivity contribution >= 4 is 29.5 Å². The van der Waals surface area contributed by atoms with Crippen molar-refractivity contribution in [1.29, 1.82) is 0 Å². The summed E-state index contributed by atoms with van der Waals surface area (Å²) in [4.78, 5) is 21.3. The third-order valence-corrected chi connectivity index (χ3v) is 6.09. The number of carboxylic acid groups (broad SMARTS) is 1. The van der Waals surface area contributed by atoms with Gasteiger partial charge in [-0.15, -0.1) is 11.3 Å². The fraction of sp³-hybridized carbons (Fsp3) is 0.421. The molecule has 0 saturated carbocycles. The highest BCUT2D eigenvalue weighted by atomic mass is 32.1. The van der Waals surface area contributed by atoms with Gasteiger partial charge in [-0.25, -0.2) is 9.78 Å². The summed E-state index contributed by atoms with van der Waals surface area (Å²) in [7, 11) is 0. The summed E-state index contributed by atoms with van der Waals surface area (Å²) >= 11 is 1.75. The van der Waals surface area contributed by atoms with Crippen molar-refractivity contribution < 1.29 is 9.90 Å². The molecule has 1 aliphatic rings. The Hall–Kier alpha value is -2.01. The minimum absolute atomic E-state index is 0.120. The minimum atomic E-state index is -0.963. The molecule has 0 amide bonds. The first-order valence-corrected chi connectivity index (χ1v) is 8.90. The zero-order chi connectivity index (χ0) is 17.5. The van der Waals surface area contributed by atoms with Crippen LogP contribution in [0.4, 0.5) is 0 Å². The van der Waals surface area contributed by atoms with Crippen molar-refractivity contribution in [3.05, 3.63) is 45.2 Å². The molecular weight excluding hydrogens is 320 g/mol. The van der Waals surface area contributed by atoms with Gasteiger partial charge in [0.1, 0.15) is 5.01 Å². The number of carboxylic acids is 1. The van der Waals surface area contributed by atoms with Crippen LogP contribution >= 0.6 is 11.3 Å². The Kier molecular flexibility index (Phi) is 4.08. The van der Waals surface area contributed by atoms with Crippen LogP contribution in [-0.4, -0.2) is 21.0 Å². The molecule has 2 aromatic heterocycles. The van der Waals surface area contributed by atoms with Crippen LogP contribution in [0, 0.1) is 0 Å². The van der Waals surface area contributed by atoms with Gasteiger partial charge in [0.15, 0.2) is 0 Å². The summed E-state index contributed by atoms with van der Waals surface area (Å²) in [6.07, 6.45) is 7.56. The van der Waals surface area contributed by atoms with E-state index < -0.39 is 5.97 Å². The van der Waals surface area contributed by atoms with Gasteiger partial charge in [-0.3, -0.25) is 4.98 Å². The smallest absolute Gasteiger partial charge is 0.337 e. The quantitative estimate of drug-likeness (QED) is 0.874. The lowest BCUT2D eigenvalue weighted by Gasteiger charge is -2.37. The molecule has 4 nitrogen and oxygen atoms in total. The number of fused-ring (bicyclic) bond motifs is 1. The van der Waals surface area contributed by atoms with E-state index in [4.69, 9.17) is 10.1 Å². The maximum Gasteiger partial charge on any atom is 0.337 e. The van der Waals surface area contributed by atoms with Crippen LogP contribution in [0.1, 0.15) is 72.2 Å². The third-order valence-electron chi connectivity index (χ3n) is 4.70. The first-order valence-electron chi connectivity index (χ1n) is 8.08. The van der Waals surface area contributed by atoms with Crippen LogP contribution < -0.4 is 0 Å². The van der Waals surface area contributed by atoms with Crippen molar-refractivity contribution in [2.75, 3.05) is 0 Å². The Balaban J connectivity index is 1.89. The van der Waals surface area contributed by atoms with E-state index in [9.17, 15) is 4.79 Å². The molecular formula is C19H22N2O2S. The SMILES string of the molecule is CC1(C)CCC(C)(C)c2sc(/C=C/c3ccc(C(=O)O)cn3)nc21. The molecule has 3 rings (SSSR count). The number of pyridine rings is 1. The molecule has 0 bridgehead atoms. The van der Waals surface area contributed by atoms with E-state index in [0.29, 0.717) is 0 Å². The molecule has 5 heteroatoms. The normalized spacial score (nSPS) is 18.5. The Bertz CT molecular complexity index is 768. The average molecular weight is 342 g/mol. The van der Waals surface area contributed by atoms with Gasteiger partial charge in [-0.1, -0.05) is 27.7 Å². The molecule has 0 aromatic carbocycles. The lowest BCUT2D eigenvalue weighted by Crippen LogP contribution is -2.32. The highest BCUT2D eigenvalue weighted by Crippen LogP contribution is 2.48. The maximum absolute atomic E-state index is 10.9. The fourth-order valence-corrected chi connectivity index (χ4v) is 4.25. The Labute approximate surface area is 146 Å².